The molecular weight excluding hydrogens is 424 g/mol. The van der Waals surface area contributed by atoms with Crippen molar-refractivity contribution in [1.82, 2.24) is 9.97 Å². The number of nitrogens with zero attached hydrogens (tertiary/aromatic N) is 2. The van der Waals surface area contributed by atoms with Crippen LogP contribution in [0.3, 0.4) is 0 Å². The van der Waals surface area contributed by atoms with Crippen LogP contribution in [0.25, 0.3) is 0 Å². The Kier molecular flexibility index (Phi) is 7.33. The number of nitrogens with one attached hydrogen (secondary N) is 2. The van der Waals surface area contributed by atoms with Crippen molar-refractivity contribution in [3.05, 3.63) is 34.9 Å². The summed E-state index contributed by atoms with van der Waals surface area (Å²) in [4.78, 5) is 8.70. The molecule has 1 atom stereocenters. The first-order valence-electron chi connectivity index (χ1n) is 7.84. The number of ether oxygens (including phenoxy) is 1. The number of hydrogen-bond donors (Lipinski definition) is 3. The number of benzene rings is 1. The highest BCUT2D eigenvalue weighted by atomic mass is 79.9. The number of anilines is 3. The van der Waals surface area contributed by atoms with Gasteiger partial charge in [0, 0.05) is 25.0 Å². The first-order valence-corrected chi connectivity index (χ1v) is 10.3. The highest BCUT2D eigenvalue weighted by Crippen LogP contribution is 2.24. The number of rotatable bonds is 9. The monoisotopic (exact) mass is 444 g/mol. The van der Waals surface area contributed by atoms with Crippen LogP contribution in [-0.2, 0) is 14.6 Å². The van der Waals surface area contributed by atoms with Crippen molar-refractivity contribution in [1.29, 1.82) is 0 Å². The van der Waals surface area contributed by atoms with Gasteiger partial charge in [-0.05, 0) is 41.1 Å². The Labute approximate surface area is 161 Å². The molecule has 0 saturated heterocycles. The lowest BCUT2D eigenvalue weighted by Crippen LogP contribution is -2.22. The molecule has 0 unspecified atom stereocenters. The lowest BCUT2D eigenvalue weighted by atomic mass is 10.3. The van der Waals surface area contributed by atoms with E-state index in [-0.39, 0.29) is 16.7 Å². The van der Waals surface area contributed by atoms with E-state index >= 15 is 0 Å². The molecule has 0 amide bonds. The molecule has 0 saturated carbocycles. The molecule has 10 heteroatoms. The van der Waals surface area contributed by atoms with E-state index in [0.29, 0.717) is 28.5 Å². The molecule has 1 heterocycles. The summed E-state index contributed by atoms with van der Waals surface area (Å²) in [5.74, 6) is 0.588. The lowest BCUT2D eigenvalue weighted by molar-refractivity contribution is 0.190. The smallest absolute Gasteiger partial charge is 0.229 e. The lowest BCUT2D eigenvalue weighted by Gasteiger charge is -2.15. The third-order valence-electron chi connectivity index (χ3n) is 3.35. The first kappa shape index (κ1) is 20.6. The molecular formula is C16H21BrN4O4S. The van der Waals surface area contributed by atoms with Gasteiger partial charge in [0.15, 0.2) is 9.84 Å². The molecule has 2 rings (SSSR count). The zero-order valence-electron chi connectivity index (χ0n) is 14.4. The maximum Gasteiger partial charge on any atom is 0.229 e. The highest BCUT2D eigenvalue weighted by molar-refractivity contribution is 9.10. The fraction of sp³-hybridized carbons (Fsp3) is 0.375. The standard InChI is InChI=1S/C16H21BrN4O4S/c1-11(10-25-2)19-15-14(17)9-18-16(21-15)20-12-4-3-5-13(8-12)26(23,24)7-6-22/h3-5,8-9,11,22H,6-7,10H2,1-2H3,(H2,18,19,20,21)/t11-/m0/s1. The van der Waals surface area contributed by atoms with E-state index in [0.717, 1.165) is 0 Å². The van der Waals surface area contributed by atoms with Crippen molar-refractivity contribution in [3.63, 3.8) is 0 Å². The molecule has 3 N–H and O–H groups in total. The summed E-state index contributed by atoms with van der Waals surface area (Å²) in [5, 5.41) is 15.1. The molecule has 1 aromatic carbocycles. The Morgan fingerprint density at radius 2 is 2.15 bits per heavy atom. The molecule has 2 aromatic rings. The SMILES string of the molecule is COC[C@H](C)Nc1nc(Nc2cccc(S(=O)(=O)CCO)c2)ncc1Br. The number of aliphatic hydroxyl groups is 1. The van der Waals surface area contributed by atoms with Crippen LogP contribution in [0, 0.1) is 0 Å². The Bertz CT molecular complexity index is 848. The van der Waals surface area contributed by atoms with E-state index in [1.165, 1.54) is 12.1 Å². The van der Waals surface area contributed by atoms with Crippen LogP contribution >= 0.6 is 15.9 Å². The fourth-order valence-electron chi connectivity index (χ4n) is 2.19. The Hall–Kier alpha value is -1.75. The minimum absolute atomic E-state index is 0.0472. The third kappa shape index (κ3) is 5.63. The number of sulfone groups is 1. The van der Waals surface area contributed by atoms with Gasteiger partial charge in [-0.3, -0.25) is 0 Å². The van der Waals surface area contributed by atoms with Crippen LogP contribution < -0.4 is 10.6 Å². The van der Waals surface area contributed by atoms with Gasteiger partial charge in [0.1, 0.15) is 5.82 Å². The molecule has 142 valence electrons. The molecule has 0 aliphatic rings. The molecule has 0 radical (unpaired) electrons. The minimum atomic E-state index is -3.53. The van der Waals surface area contributed by atoms with Crippen molar-refractivity contribution in [2.45, 2.75) is 17.9 Å². The first-order chi connectivity index (χ1) is 12.4. The second-order valence-corrected chi connectivity index (χ2v) is 8.55. The van der Waals surface area contributed by atoms with Gasteiger partial charge in [-0.25, -0.2) is 13.4 Å². The minimum Gasteiger partial charge on any atom is -0.395 e. The molecule has 0 fully saturated rings. The Morgan fingerprint density at radius 1 is 1.38 bits per heavy atom. The topological polar surface area (TPSA) is 113 Å². The van der Waals surface area contributed by atoms with Gasteiger partial charge in [0.05, 0.1) is 28.3 Å². The molecule has 1 aromatic heterocycles. The summed E-state index contributed by atoms with van der Waals surface area (Å²) in [6, 6.07) is 6.34. The molecule has 0 aliphatic heterocycles. The van der Waals surface area contributed by atoms with Crippen LogP contribution in [0.1, 0.15) is 6.92 Å². The van der Waals surface area contributed by atoms with Crippen molar-refractivity contribution in [2.75, 3.05) is 36.7 Å². The zero-order chi connectivity index (χ0) is 19.2. The van der Waals surface area contributed by atoms with Crippen LogP contribution in [-0.4, -0.2) is 55.6 Å². The van der Waals surface area contributed by atoms with Crippen LogP contribution in [0.4, 0.5) is 17.5 Å². The van der Waals surface area contributed by atoms with Gasteiger partial charge >= 0.3 is 0 Å². The third-order valence-corrected chi connectivity index (χ3v) is 5.63. The van der Waals surface area contributed by atoms with Crippen LogP contribution in [0.2, 0.25) is 0 Å². The summed E-state index contributed by atoms with van der Waals surface area (Å²) >= 11 is 3.39. The Morgan fingerprint density at radius 3 is 2.85 bits per heavy atom. The predicted octanol–water partition coefficient (Wildman–Crippen LogP) is 2.20. The molecule has 0 aliphatic carbocycles. The number of hydrogen-bond acceptors (Lipinski definition) is 8. The largest absolute Gasteiger partial charge is 0.395 e. The predicted molar refractivity (Wildman–Crippen MR) is 104 cm³/mol. The van der Waals surface area contributed by atoms with Gasteiger partial charge < -0.3 is 20.5 Å². The summed E-state index contributed by atoms with van der Waals surface area (Å²) in [6.45, 7) is 2.05. The molecule has 0 bridgehead atoms. The van der Waals surface area contributed by atoms with E-state index in [1.807, 2.05) is 6.92 Å². The van der Waals surface area contributed by atoms with E-state index in [9.17, 15) is 8.42 Å². The van der Waals surface area contributed by atoms with Crippen LogP contribution in [0.15, 0.2) is 39.8 Å². The number of aromatic nitrogens is 2. The average Bonchev–Trinajstić information content (AvgIpc) is 2.58. The van der Waals surface area contributed by atoms with Crippen molar-refractivity contribution < 1.29 is 18.3 Å². The Balaban J connectivity index is 2.21. The highest BCUT2D eigenvalue weighted by Gasteiger charge is 2.14. The number of aliphatic hydroxyl groups excluding tert-OH is 1. The van der Waals surface area contributed by atoms with Gasteiger partial charge in [-0.15, -0.1) is 0 Å². The van der Waals surface area contributed by atoms with Gasteiger partial charge in [0.2, 0.25) is 5.95 Å². The molecule has 0 spiro atoms. The van der Waals surface area contributed by atoms with Gasteiger partial charge in [-0.2, -0.15) is 4.98 Å². The average molecular weight is 445 g/mol. The second kappa shape index (κ2) is 9.26. The number of methoxy groups -OCH3 is 1. The summed E-state index contributed by atoms with van der Waals surface area (Å²) in [6.07, 6.45) is 1.60. The van der Waals surface area contributed by atoms with E-state index < -0.39 is 16.4 Å². The summed E-state index contributed by atoms with van der Waals surface area (Å²) < 4.78 is 29.9. The quantitative estimate of drug-likeness (QED) is 0.539. The zero-order valence-corrected chi connectivity index (χ0v) is 16.8. The molecule has 26 heavy (non-hydrogen) atoms. The fourth-order valence-corrected chi connectivity index (χ4v) is 3.56. The van der Waals surface area contributed by atoms with Crippen molar-refractivity contribution in [2.24, 2.45) is 0 Å². The number of halogens is 1. The molecule has 8 nitrogen and oxygen atoms in total. The van der Waals surface area contributed by atoms with E-state index in [1.54, 1.807) is 25.4 Å². The maximum atomic E-state index is 12.1. The van der Waals surface area contributed by atoms with Crippen molar-refractivity contribution >= 4 is 43.2 Å². The van der Waals surface area contributed by atoms with Gasteiger partial charge in [-0.1, -0.05) is 6.07 Å². The van der Waals surface area contributed by atoms with Gasteiger partial charge in [0.25, 0.3) is 0 Å². The maximum absolute atomic E-state index is 12.1. The van der Waals surface area contributed by atoms with Crippen LogP contribution in [0.5, 0.6) is 0 Å². The van der Waals surface area contributed by atoms with E-state index in [4.69, 9.17) is 9.84 Å². The van der Waals surface area contributed by atoms with E-state index in [2.05, 4.69) is 36.5 Å². The van der Waals surface area contributed by atoms with Crippen molar-refractivity contribution in [3.8, 4) is 0 Å². The normalized spacial score (nSPS) is 12.6. The second-order valence-electron chi connectivity index (χ2n) is 5.59. The summed E-state index contributed by atoms with van der Waals surface area (Å²) in [7, 11) is -1.90. The summed E-state index contributed by atoms with van der Waals surface area (Å²) in [5.41, 5.74) is 0.530.